The molecule has 1 aliphatic rings. The molecule has 3 aromatic rings. The molecule has 1 aromatic heterocycles. The molecule has 1 fully saturated rings. The molecule has 0 radical (unpaired) electrons. The second-order valence-corrected chi connectivity index (χ2v) is 10.4. The first kappa shape index (κ1) is 35.8. The lowest BCUT2D eigenvalue weighted by molar-refractivity contribution is 0.227. The van der Waals surface area contributed by atoms with Crippen molar-refractivity contribution in [2.45, 2.75) is 74.7 Å². The number of anilines is 1. The lowest BCUT2D eigenvalue weighted by atomic mass is 9.96. The molecule has 214 valence electrons. The fraction of sp³-hybridized carbons (Fsp3) is 0.429. The Bertz CT molecular complexity index is 990. The van der Waals surface area contributed by atoms with Crippen LogP contribution in [0.25, 0.3) is 0 Å². The van der Waals surface area contributed by atoms with Gasteiger partial charge in [-0.2, -0.15) is 0 Å². The maximum absolute atomic E-state index is 6.06. The molecule has 0 atom stereocenters. The van der Waals surface area contributed by atoms with E-state index in [0.29, 0.717) is 16.9 Å². The molecule has 4 nitrogen and oxygen atoms in total. The Labute approximate surface area is 240 Å². The number of nitrogens with zero attached hydrogens (tertiary/aromatic N) is 3. The standard InChI is InChI=1S/C19H17N3.C9H19N.C3H8.C2H6.C2H4/c1-14-12-17(20)19(21-13-14)22-18(15-8-4-2-5-9-15)16-10-6-3-7-11-16;1-9(2,3)8-10-6-4-5-7-10;1-3-2;2*1-2/h2-13H,20H2,1H3;4-8H2,1-3H3;3H2,1-2H3;1-2H3;1-2H2. The first-order chi connectivity index (χ1) is 18.7. The van der Waals surface area contributed by atoms with Crippen LogP contribution in [0.5, 0.6) is 0 Å². The molecular weight excluding hydrogens is 476 g/mol. The van der Waals surface area contributed by atoms with Crippen molar-refractivity contribution in [3.8, 4) is 0 Å². The van der Waals surface area contributed by atoms with Gasteiger partial charge in [0.25, 0.3) is 0 Å². The number of pyridine rings is 1. The van der Waals surface area contributed by atoms with Gasteiger partial charge in [-0.05, 0) is 49.9 Å². The molecule has 2 N–H and O–H groups in total. The molecule has 4 heteroatoms. The smallest absolute Gasteiger partial charge is 0.175 e. The Morgan fingerprint density at radius 3 is 1.72 bits per heavy atom. The third-order valence-electron chi connectivity index (χ3n) is 5.24. The molecule has 1 saturated heterocycles. The monoisotopic (exact) mass is 530 g/mol. The van der Waals surface area contributed by atoms with Crippen molar-refractivity contribution in [2.75, 3.05) is 25.4 Å². The molecule has 39 heavy (non-hydrogen) atoms. The fourth-order valence-electron chi connectivity index (χ4n) is 3.88. The highest BCUT2D eigenvalue weighted by Gasteiger charge is 2.18. The molecular formula is C35H54N4. The zero-order valence-corrected chi connectivity index (χ0v) is 26.0. The molecule has 0 amide bonds. The van der Waals surface area contributed by atoms with Gasteiger partial charge in [0.15, 0.2) is 5.82 Å². The molecule has 1 aliphatic heterocycles. The second-order valence-electron chi connectivity index (χ2n) is 10.4. The zero-order chi connectivity index (χ0) is 29.7. The van der Waals surface area contributed by atoms with E-state index >= 15 is 0 Å². The van der Waals surface area contributed by atoms with E-state index in [-0.39, 0.29) is 0 Å². The lowest BCUT2D eigenvalue weighted by Gasteiger charge is -2.25. The zero-order valence-electron chi connectivity index (χ0n) is 26.0. The number of aliphatic imine (C=N–C) groups is 1. The number of benzene rings is 2. The number of likely N-dealkylation sites (tertiary alicyclic amines) is 1. The minimum absolute atomic E-state index is 0.490. The van der Waals surface area contributed by atoms with E-state index in [9.17, 15) is 0 Å². The summed E-state index contributed by atoms with van der Waals surface area (Å²) in [5.74, 6) is 0.549. The third kappa shape index (κ3) is 15.1. The van der Waals surface area contributed by atoms with Crippen LogP contribution in [-0.2, 0) is 0 Å². The molecule has 4 rings (SSSR count). The van der Waals surface area contributed by atoms with Crippen molar-refractivity contribution in [3.05, 3.63) is 103 Å². The van der Waals surface area contributed by atoms with Gasteiger partial charge in [0.2, 0.25) is 0 Å². The van der Waals surface area contributed by atoms with Crippen LogP contribution in [0.15, 0.2) is 91.1 Å². The fourth-order valence-corrected chi connectivity index (χ4v) is 3.88. The summed E-state index contributed by atoms with van der Waals surface area (Å²) in [6, 6.07) is 22.0. The summed E-state index contributed by atoms with van der Waals surface area (Å²) >= 11 is 0. The summed E-state index contributed by atoms with van der Waals surface area (Å²) in [6.07, 6.45) is 5.86. The van der Waals surface area contributed by atoms with Crippen molar-refractivity contribution in [1.29, 1.82) is 0 Å². The summed E-state index contributed by atoms with van der Waals surface area (Å²) in [4.78, 5) is 11.6. The van der Waals surface area contributed by atoms with E-state index in [1.807, 2.05) is 87.5 Å². The van der Waals surface area contributed by atoms with Crippen LogP contribution in [0.1, 0.15) is 84.4 Å². The maximum atomic E-state index is 6.06. The van der Waals surface area contributed by atoms with Crippen LogP contribution in [0, 0.1) is 12.3 Å². The van der Waals surface area contributed by atoms with Gasteiger partial charge in [-0.1, -0.05) is 116 Å². The molecule has 0 unspecified atom stereocenters. The minimum atomic E-state index is 0.490. The van der Waals surface area contributed by atoms with E-state index in [1.165, 1.54) is 38.9 Å². The van der Waals surface area contributed by atoms with Crippen LogP contribution in [-0.4, -0.2) is 35.2 Å². The van der Waals surface area contributed by atoms with Crippen molar-refractivity contribution >= 4 is 17.2 Å². The van der Waals surface area contributed by atoms with Crippen LogP contribution in [0.2, 0.25) is 0 Å². The van der Waals surface area contributed by atoms with Gasteiger partial charge in [-0.3, -0.25) is 0 Å². The number of hydrogen-bond donors (Lipinski definition) is 1. The summed E-state index contributed by atoms with van der Waals surface area (Å²) in [5.41, 5.74) is 11.1. The van der Waals surface area contributed by atoms with E-state index in [2.05, 4.69) is 57.7 Å². The van der Waals surface area contributed by atoms with Gasteiger partial charge < -0.3 is 10.6 Å². The van der Waals surface area contributed by atoms with Gasteiger partial charge in [0.05, 0.1) is 11.4 Å². The quantitative estimate of drug-likeness (QED) is 0.270. The van der Waals surface area contributed by atoms with Crippen molar-refractivity contribution in [2.24, 2.45) is 10.4 Å². The minimum Gasteiger partial charge on any atom is -0.396 e. The largest absolute Gasteiger partial charge is 0.396 e. The predicted molar refractivity (Wildman–Crippen MR) is 175 cm³/mol. The molecule has 0 aliphatic carbocycles. The summed E-state index contributed by atoms with van der Waals surface area (Å²) in [7, 11) is 0. The Morgan fingerprint density at radius 1 is 0.897 bits per heavy atom. The Hall–Kier alpha value is -3.24. The highest BCUT2D eigenvalue weighted by atomic mass is 15.1. The van der Waals surface area contributed by atoms with Crippen LogP contribution in [0.4, 0.5) is 11.5 Å². The Morgan fingerprint density at radius 2 is 1.33 bits per heavy atom. The van der Waals surface area contributed by atoms with E-state index in [1.54, 1.807) is 6.20 Å². The topological polar surface area (TPSA) is 54.5 Å². The predicted octanol–water partition coefficient (Wildman–Crippen LogP) is 9.51. The Balaban J connectivity index is 0.000000709. The molecule has 2 heterocycles. The second kappa shape index (κ2) is 20.7. The van der Waals surface area contributed by atoms with Gasteiger partial charge in [-0.25, -0.2) is 9.98 Å². The number of rotatable bonds is 4. The van der Waals surface area contributed by atoms with E-state index < -0.39 is 0 Å². The van der Waals surface area contributed by atoms with Crippen LogP contribution >= 0.6 is 0 Å². The summed E-state index contributed by atoms with van der Waals surface area (Å²) in [5, 5.41) is 0. The van der Waals surface area contributed by atoms with Crippen molar-refractivity contribution < 1.29 is 0 Å². The first-order valence-corrected chi connectivity index (χ1v) is 14.4. The molecule has 0 spiro atoms. The average molecular weight is 531 g/mol. The van der Waals surface area contributed by atoms with Crippen LogP contribution < -0.4 is 5.73 Å². The van der Waals surface area contributed by atoms with Gasteiger partial charge in [0.1, 0.15) is 0 Å². The van der Waals surface area contributed by atoms with Crippen molar-refractivity contribution in [1.82, 2.24) is 9.88 Å². The maximum Gasteiger partial charge on any atom is 0.175 e. The SMILES string of the molecule is C=C.CC.CC(C)(C)CN1CCCC1.CCC.Cc1cnc(N=C(c2ccccc2)c2ccccc2)c(N)c1. The normalized spacial score (nSPS) is 12.1. The summed E-state index contributed by atoms with van der Waals surface area (Å²) < 4.78 is 0. The highest BCUT2D eigenvalue weighted by molar-refractivity contribution is 6.14. The average Bonchev–Trinajstić information content (AvgIpc) is 3.44. The van der Waals surface area contributed by atoms with E-state index in [4.69, 9.17) is 10.7 Å². The Kier molecular flexibility index (Phi) is 19.0. The van der Waals surface area contributed by atoms with Gasteiger partial charge in [-0.15, -0.1) is 13.2 Å². The van der Waals surface area contributed by atoms with Crippen molar-refractivity contribution in [3.63, 3.8) is 0 Å². The number of nitrogen functional groups attached to an aromatic ring is 1. The summed E-state index contributed by atoms with van der Waals surface area (Å²) in [6.45, 7) is 27.1. The van der Waals surface area contributed by atoms with E-state index in [0.717, 1.165) is 22.4 Å². The third-order valence-corrected chi connectivity index (χ3v) is 5.24. The molecule has 2 aromatic carbocycles. The highest BCUT2D eigenvalue weighted by Crippen LogP contribution is 2.23. The number of nitrogens with two attached hydrogens (primary N) is 1. The lowest BCUT2D eigenvalue weighted by Crippen LogP contribution is -2.29. The molecule has 0 bridgehead atoms. The number of aryl methyl sites for hydroxylation is 1. The first-order valence-electron chi connectivity index (χ1n) is 14.4. The number of aromatic nitrogens is 1. The van der Waals surface area contributed by atoms with Crippen LogP contribution in [0.3, 0.4) is 0 Å². The van der Waals surface area contributed by atoms with Gasteiger partial charge in [0, 0.05) is 23.9 Å². The molecule has 0 saturated carbocycles. The number of hydrogen-bond acceptors (Lipinski definition) is 4. The van der Waals surface area contributed by atoms with Gasteiger partial charge >= 0.3 is 0 Å².